The van der Waals surface area contributed by atoms with Crippen LogP contribution >= 0.6 is 24.2 Å². The first kappa shape index (κ1) is 20.4. The maximum absolute atomic E-state index is 7.90. The predicted molar refractivity (Wildman–Crippen MR) is 109 cm³/mol. The summed E-state index contributed by atoms with van der Waals surface area (Å²) in [5, 5.41) is 7.90. The van der Waals surface area contributed by atoms with E-state index in [0.717, 1.165) is 16.1 Å². The summed E-state index contributed by atoms with van der Waals surface area (Å²) in [6, 6.07) is 16.7. The van der Waals surface area contributed by atoms with Gasteiger partial charge in [-0.1, -0.05) is 51.1 Å². The topological polar surface area (TPSA) is 53.1 Å². The Kier molecular flexibility index (Phi) is 7.18. The van der Waals surface area contributed by atoms with E-state index in [1.54, 1.807) is 11.8 Å². The Labute approximate surface area is 155 Å². The number of halogens is 1. The fourth-order valence-corrected chi connectivity index (χ4v) is 2.84. The molecule has 0 saturated heterocycles. The monoisotopic (exact) mass is 363 g/mol. The van der Waals surface area contributed by atoms with Gasteiger partial charge in [0.05, 0.1) is 6.54 Å². The van der Waals surface area contributed by atoms with Gasteiger partial charge < -0.3 is 10.6 Å². The van der Waals surface area contributed by atoms with Crippen molar-refractivity contribution < 1.29 is 0 Å². The van der Waals surface area contributed by atoms with Gasteiger partial charge in [0.15, 0.2) is 5.96 Å². The lowest BCUT2D eigenvalue weighted by Crippen LogP contribution is -2.35. The highest BCUT2D eigenvalue weighted by atomic mass is 35.5. The zero-order chi connectivity index (χ0) is 17.0. The van der Waals surface area contributed by atoms with E-state index in [2.05, 4.69) is 57.2 Å². The lowest BCUT2D eigenvalue weighted by molar-refractivity contribution is 0.590. The van der Waals surface area contributed by atoms with Crippen LogP contribution < -0.4 is 10.6 Å². The summed E-state index contributed by atoms with van der Waals surface area (Å²) in [6.07, 6.45) is 2.04. The fraction of sp³-hybridized carbons (Fsp3) is 0.316. The van der Waals surface area contributed by atoms with E-state index in [9.17, 15) is 0 Å². The lowest BCUT2D eigenvalue weighted by Gasteiger charge is -2.24. The van der Waals surface area contributed by atoms with Gasteiger partial charge in [-0.05, 0) is 41.0 Å². The Morgan fingerprint density at radius 2 is 1.75 bits per heavy atom. The van der Waals surface area contributed by atoms with Gasteiger partial charge in [-0.15, -0.1) is 24.2 Å². The molecule has 0 fully saturated rings. The third-order valence-corrected chi connectivity index (χ3v) is 4.54. The highest BCUT2D eigenvalue weighted by Gasteiger charge is 2.14. The van der Waals surface area contributed by atoms with Gasteiger partial charge in [-0.3, -0.25) is 5.41 Å². The number of hydrogen-bond donors (Lipinski definition) is 2. The minimum Gasteiger partial charge on any atom is -0.370 e. The maximum Gasteiger partial charge on any atom is 0.193 e. The SMILES string of the molecule is CSc1cccc(N(Cc2ccc(C(C)(C)C)cc2)C(=N)N)c1.Cl. The highest BCUT2D eigenvalue weighted by Crippen LogP contribution is 2.25. The molecule has 0 amide bonds. The van der Waals surface area contributed by atoms with Crippen LogP contribution in [0.25, 0.3) is 0 Å². The lowest BCUT2D eigenvalue weighted by atomic mass is 9.87. The van der Waals surface area contributed by atoms with Crippen LogP contribution in [-0.4, -0.2) is 12.2 Å². The van der Waals surface area contributed by atoms with Gasteiger partial charge >= 0.3 is 0 Å². The Morgan fingerprint density at radius 3 is 2.25 bits per heavy atom. The second-order valence-electron chi connectivity index (χ2n) is 6.62. The van der Waals surface area contributed by atoms with Crippen LogP contribution in [-0.2, 0) is 12.0 Å². The molecule has 3 N–H and O–H groups in total. The second-order valence-corrected chi connectivity index (χ2v) is 7.50. The zero-order valence-electron chi connectivity index (χ0n) is 14.7. The first-order valence-electron chi connectivity index (χ1n) is 7.66. The number of rotatable bonds is 4. The molecule has 0 unspecified atom stereocenters. The Balaban J connectivity index is 0.00000288. The van der Waals surface area contributed by atoms with Crippen LogP contribution in [0.15, 0.2) is 53.4 Å². The Hall–Kier alpha value is -1.65. The van der Waals surface area contributed by atoms with Crippen molar-refractivity contribution in [3.63, 3.8) is 0 Å². The van der Waals surface area contributed by atoms with E-state index < -0.39 is 0 Å². The van der Waals surface area contributed by atoms with Crippen molar-refractivity contribution in [1.29, 1.82) is 5.41 Å². The molecule has 5 heteroatoms. The van der Waals surface area contributed by atoms with Crippen molar-refractivity contribution in [2.24, 2.45) is 5.73 Å². The molecule has 3 nitrogen and oxygen atoms in total. The van der Waals surface area contributed by atoms with Crippen molar-refractivity contribution in [2.45, 2.75) is 37.6 Å². The molecule has 2 rings (SSSR count). The average Bonchev–Trinajstić information content (AvgIpc) is 2.52. The van der Waals surface area contributed by atoms with Crippen molar-refractivity contribution in [3.05, 3.63) is 59.7 Å². The molecule has 0 heterocycles. The molecule has 0 spiro atoms. The maximum atomic E-state index is 7.90. The van der Waals surface area contributed by atoms with Crippen molar-refractivity contribution in [1.82, 2.24) is 0 Å². The zero-order valence-corrected chi connectivity index (χ0v) is 16.3. The number of nitrogens with one attached hydrogen (secondary N) is 1. The number of hydrogen-bond acceptors (Lipinski definition) is 2. The molecule has 0 aliphatic carbocycles. The number of nitrogens with zero attached hydrogens (tertiary/aromatic N) is 1. The molecule has 130 valence electrons. The van der Waals surface area contributed by atoms with Crippen LogP contribution in [0.2, 0.25) is 0 Å². The molecule has 2 aromatic rings. The van der Waals surface area contributed by atoms with Crippen molar-refractivity contribution in [2.75, 3.05) is 11.2 Å². The smallest absolute Gasteiger partial charge is 0.193 e. The summed E-state index contributed by atoms with van der Waals surface area (Å²) in [5.74, 6) is 0.0585. The van der Waals surface area contributed by atoms with Gasteiger partial charge in [0.2, 0.25) is 0 Å². The minimum absolute atomic E-state index is 0. The van der Waals surface area contributed by atoms with Crippen LogP contribution in [0.5, 0.6) is 0 Å². The number of nitrogens with two attached hydrogens (primary N) is 1. The van der Waals surface area contributed by atoms with Crippen molar-refractivity contribution >= 4 is 35.8 Å². The van der Waals surface area contributed by atoms with Gasteiger partial charge in [0.1, 0.15) is 0 Å². The van der Waals surface area contributed by atoms with E-state index in [-0.39, 0.29) is 23.8 Å². The molecule has 0 radical (unpaired) electrons. The van der Waals surface area contributed by atoms with Crippen molar-refractivity contribution in [3.8, 4) is 0 Å². The number of anilines is 1. The Bertz CT molecular complexity index is 678. The fourth-order valence-electron chi connectivity index (χ4n) is 2.39. The van der Waals surface area contributed by atoms with E-state index in [0.29, 0.717) is 6.54 Å². The summed E-state index contributed by atoms with van der Waals surface area (Å²) in [4.78, 5) is 2.99. The van der Waals surface area contributed by atoms with Gasteiger partial charge in [0, 0.05) is 10.6 Å². The molecular weight excluding hydrogens is 338 g/mol. The molecule has 0 saturated carbocycles. The summed E-state index contributed by atoms with van der Waals surface area (Å²) in [6.45, 7) is 7.21. The third kappa shape index (κ3) is 5.18. The van der Waals surface area contributed by atoms with Crippen LogP contribution in [0.4, 0.5) is 5.69 Å². The molecular formula is C19H26ClN3S. The minimum atomic E-state index is 0. The predicted octanol–water partition coefficient (Wildman–Crippen LogP) is 5.03. The van der Waals surface area contributed by atoms with E-state index in [4.69, 9.17) is 11.1 Å². The van der Waals surface area contributed by atoms with Crippen LogP contribution in [0.3, 0.4) is 0 Å². The average molecular weight is 364 g/mol. The summed E-state index contributed by atoms with van der Waals surface area (Å²) in [7, 11) is 0. The Morgan fingerprint density at radius 1 is 1.12 bits per heavy atom. The summed E-state index contributed by atoms with van der Waals surface area (Å²) >= 11 is 1.69. The quantitative estimate of drug-likeness (QED) is 0.455. The molecule has 0 aliphatic rings. The van der Waals surface area contributed by atoms with Crippen LogP contribution in [0.1, 0.15) is 31.9 Å². The van der Waals surface area contributed by atoms with E-state index >= 15 is 0 Å². The molecule has 24 heavy (non-hydrogen) atoms. The highest BCUT2D eigenvalue weighted by molar-refractivity contribution is 7.98. The number of benzene rings is 2. The molecule has 0 atom stereocenters. The second kappa shape index (κ2) is 8.45. The standard InChI is InChI=1S/C19H25N3S.ClH/c1-19(2,3)15-10-8-14(9-11-15)13-22(18(20)21)16-6-5-7-17(12-16)23-4;/h5-12H,13H2,1-4H3,(H3,20,21);1H. The van der Waals surface area contributed by atoms with Crippen LogP contribution in [0, 0.1) is 5.41 Å². The molecule has 0 aromatic heterocycles. The molecule has 2 aromatic carbocycles. The van der Waals surface area contributed by atoms with Gasteiger partial charge in [-0.25, -0.2) is 0 Å². The first-order valence-corrected chi connectivity index (χ1v) is 8.89. The molecule has 0 bridgehead atoms. The van der Waals surface area contributed by atoms with E-state index in [1.165, 1.54) is 5.56 Å². The molecule has 0 aliphatic heterocycles. The first-order chi connectivity index (χ1) is 10.8. The largest absolute Gasteiger partial charge is 0.370 e. The summed E-state index contributed by atoms with van der Waals surface area (Å²) < 4.78 is 0. The third-order valence-electron chi connectivity index (χ3n) is 3.82. The number of guanidine groups is 1. The number of thioether (sulfide) groups is 1. The van der Waals surface area contributed by atoms with Gasteiger partial charge in [-0.2, -0.15) is 0 Å². The summed E-state index contributed by atoms with van der Waals surface area (Å²) in [5.41, 5.74) is 9.35. The van der Waals surface area contributed by atoms with E-state index in [1.807, 2.05) is 23.3 Å². The van der Waals surface area contributed by atoms with Gasteiger partial charge in [0.25, 0.3) is 0 Å². The normalized spacial score (nSPS) is 10.8.